The summed E-state index contributed by atoms with van der Waals surface area (Å²) >= 11 is 0. The van der Waals surface area contributed by atoms with E-state index in [0.717, 1.165) is 12.5 Å². The number of hydrogen-bond donors (Lipinski definition) is 1. The summed E-state index contributed by atoms with van der Waals surface area (Å²) in [6.07, 6.45) is 8.04. The van der Waals surface area contributed by atoms with Gasteiger partial charge in [-0.1, -0.05) is 46.0 Å². The van der Waals surface area contributed by atoms with Gasteiger partial charge >= 0.3 is 0 Å². The fraction of sp³-hybridized carbons (Fsp3) is 1.00. The van der Waals surface area contributed by atoms with Crippen LogP contribution in [0.1, 0.15) is 52.4 Å². The molecule has 0 spiro atoms. The molecule has 0 aromatic rings. The van der Waals surface area contributed by atoms with Crippen LogP contribution in [-0.2, 0) is 0 Å². The van der Waals surface area contributed by atoms with Crippen LogP contribution < -0.4 is 5.73 Å². The maximum Gasteiger partial charge on any atom is -0.00773 e. The molecule has 2 N–H and O–H groups in total. The quantitative estimate of drug-likeness (QED) is 0.565. The van der Waals surface area contributed by atoms with Gasteiger partial charge in [0, 0.05) is 0 Å². The first kappa shape index (κ1) is 11.0. The SMILES string of the molecule is CCC(C)CCCCCCN. The lowest BCUT2D eigenvalue weighted by Gasteiger charge is -2.06. The zero-order valence-corrected chi connectivity index (χ0v) is 8.10. The highest BCUT2D eigenvalue weighted by atomic mass is 14.5. The van der Waals surface area contributed by atoms with Crippen LogP contribution in [-0.4, -0.2) is 6.54 Å². The van der Waals surface area contributed by atoms with Crippen LogP contribution in [0.5, 0.6) is 0 Å². The van der Waals surface area contributed by atoms with Gasteiger partial charge in [0.15, 0.2) is 0 Å². The Labute approximate surface area is 71.4 Å². The molecule has 0 aliphatic rings. The maximum absolute atomic E-state index is 5.40. The van der Waals surface area contributed by atoms with Crippen LogP contribution in [0.15, 0.2) is 0 Å². The van der Waals surface area contributed by atoms with Gasteiger partial charge in [-0.3, -0.25) is 0 Å². The van der Waals surface area contributed by atoms with Crippen molar-refractivity contribution in [3.05, 3.63) is 0 Å². The standard InChI is InChI=1S/C10H23N/c1-3-10(2)8-6-4-5-7-9-11/h10H,3-9,11H2,1-2H3. The second-order valence-corrected chi connectivity index (χ2v) is 3.50. The van der Waals surface area contributed by atoms with Crippen LogP contribution in [0.4, 0.5) is 0 Å². The van der Waals surface area contributed by atoms with E-state index in [1.54, 1.807) is 0 Å². The van der Waals surface area contributed by atoms with Gasteiger partial charge in [0.2, 0.25) is 0 Å². The van der Waals surface area contributed by atoms with E-state index in [4.69, 9.17) is 5.73 Å². The molecule has 68 valence electrons. The highest BCUT2D eigenvalue weighted by molar-refractivity contribution is 4.51. The predicted octanol–water partition coefficient (Wildman–Crippen LogP) is 2.94. The molecule has 0 fully saturated rings. The highest BCUT2D eigenvalue weighted by Gasteiger charge is 1.97. The topological polar surface area (TPSA) is 26.0 Å². The lowest BCUT2D eigenvalue weighted by Crippen LogP contribution is -1.98. The molecular weight excluding hydrogens is 134 g/mol. The van der Waals surface area contributed by atoms with E-state index < -0.39 is 0 Å². The fourth-order valence-electron chi connectivity index (χ4n) is 1.19. The van der Waals surface area contributed by atoms with E-state index in [9.17, 15) is 0 Å². The van der Waals surface area contributed by atoms with E-state index in [1.807, 2.05) is 0 Å². The Bertz CT molecular complexity index is 71.3. The van der Waals surface area contributed by atoms with Crippen molar-refractivity contribution in [3.8, 4) is 0 Å². The summed E-state index contributed by atoms with van der Waals surface area (Å²) < 4.78 is 0. The van der Waals surface area contributed by atoms with Crippen molar-refractivity contribution in [2.75, 3.05) is 6.54 Å². The Morgan fingerprint density at radius 1 is 1.09 bits per heavy atom. The molecule has 0 aliphatic heterocycles. The minimum absolute atomic E-state index is 0.864. The zero-order chi connectivity index (χ0) is 8.53. The Kier molecular flexibility index (Phi) is 8.03. The average Bonchev–Trinajstić information content (AvgIpc) is 2.04. The first-order chi connectivity index (χ1) is 5.31. The van der Waals surface area contributed by atoms with Gasteiger partial charge in [-0.2, -0.15) is 0 Å². The summed E-state index contributed by atoms with van der Waals surface area (Å²) in [7, 11) is 0. The van der Waals surface area contributed by atoms with Crippen molar-refractivity contribution in [2.45, 2.75) is 52.4 Å². The summed E-state index contributed by atoms with van der Waals surface area (Å²) in [6, 6.07) is 0. The lowest BCUT2D eigenvalue weighted by atomic mass is 10.0. The normalized spacial score (nSPS) is 13.4. The largest absolute Gasteiger partial charge is 0.330 e. The van der Waals surface area contributed by atoms with Gasteiger partial charge in [0.05, 0.1) is 0 Å². The van der Waals surface area contributed by atoms with Crippen LogP contribution in [0, 0.1) is 5.92 Å². The first-order valence-corrected chi connectivity index (χ1v) is 5.01. The molecule has 1 nitrogen and oxygen atoms in total. The molecule has 0 heterocycles. The molecule has 0 amide bonds. The smallest absolute Gasteiger partial charge is 0.00773 e. The van der Waals surface area contributed by atoms with Crippen LogP contribution in [0.2, 0.25) is 0 Å². The van der Waals surface area contributed by atoms with Gasteiger partial charge in [0.25, 0.3) is 0 Å². The fourth-order valence-corrected chi connectivity index (χ4v) is 1.19. The van der Waals surface area contributed by atoms with E-state index in [2.05, 4.69) is 13.8 Å². The summed E-state index contributed by atoms with van der Waals surface area (Å²) in [4.78, 5) is 0. The molecule has 0 aromatic heterocycles. The van der Waals surface area contributed by atoms with Crippen molar-refractivity contribution in [1.29, 1.82) is 0 Å². The summed E-state index contributed by atoms with van der Waals surface area (Å²) in [5.41, 5.74) is 5.40. The molecule has 0 rings (SSSR count). The molecular formula is C10H23N. The Morgan fingerprint density at radius 2 is 1.73 bits per heavy atom. The number of unbranched alkanes of at least 4 members (excludes halogenated alkanes) is 3. The van der Waals surface area contributed by atoms with E-state index in [1.165, 1.54) is 38.5 Å². The van der Waals surface area contributed by atoms with Gasteiger partial charge in [-0.25, -0.2) is 0 Å². The Balaban J connectivity index is 2.89. The number of rotatable bonds is 7. The van der Waals surface area contributed by atoms with Crippen molar-refractivity contribution >= 4 is 0 Å². The van der Waals surface area contributed by atoms with Gasteiger partial charge < -0.3 is 5.73 Å². The van der Waals surface area contributed by atoms with E-state index in [-0.39, 0.29) is 0 Å². The second kappa shape index (κ2) is 8.06. The summed E-state index contributed by atoms with van der Waals surface area (Å²) in [6.45, 7) is 5.47. The minimum Gasteiger partial charge on any atom is -0.330 e. The Morgan fingerprint density at radius 3 is 2.27 bits per heavy atom. The monoisotopic (exact) mass is 157 g/mol. The Hall–Kier alpha value is -0.0400. The summed E-state index contributed by atoms with van der Waals surface area (Å²) in [5.74, 6) is 0.924. The maximum atomic E-state index is 5.40. The molecule has 0 bridgehead atoms. The predicted molar refractivity (Wildman–Crippen MR) is 51.6 cm³/mol. The molecule has 1 unspecified atom stereocenters. The molecule has 0 radical (unpaired) electrons. The average molecular weight is 157 g/mol. The highest BCUT2D eigenvalue weighted by Crippen LogP contribution is 2.12. The molecule has 0 saturated heterocycles. The van der Waals surface area contributed by atoms with E-state index >= 15 is 0 Å². The molecule has 1 heteroatoms. The van der Waals surface area contributed by atoms with Crippen LogP contribution >= 0.6 is 0 Å². The number of nitrogens with two attached hydrogens (primary N) is 1. The van der Waals surface area contributed by atoms with Crippen LogP contribution in [0.3, 0.4) is 0 Å². The second-order valence-electron chi connectivity index (χ2n) is 3.50. The van der Waals surface area contributed by atoms with Crippen molar-refractivity contribution < 1.29 is 0 Å². The zero-order valence-electron chi connectivity index (χ0n) is 8.10. The molecule has 0 saturated carbocycles. The molecule has 11 heavy (non-hydrogen) atoms. The van der Waals surface area contributed by atoms with Crippen molar-refractivity contribution in [2.24, 2.45) is 11.7 Å². The van der Waals surface area contributed by atoms with Crippen LogP contribution in [0.25, 0.3) is 0 Å². The summed E-state index contributed by atoms with van der Waals surface area (Å²) in [5, 5.41) is 0. The van der Waals surface area contributed by atoms with Gasteiger partial charge in [-0.05, 0) is 18.9 Å². The third kappa shape index (κ3) is 7.86. The van der Waals surface area contributed by atoms with Gasteiger partial charge in [-0.15, -0.1) is 0 Å². The molecule has 0 aromatic carbocycles. The lowest BCUT2D eigenvalue weighted by molar-refractivity contribution is 0.475. The third-order valence-electron chi connectivity index (χ3n) is 2.35. The first-order valence-electron chi connectivity index (χ1n) is 5.01. The molecule has 0 aliphatic carbocycles. The minimum atomic E-state index is 0.864. The van der Waals surface area contributed by atoms with E-state index in [0.29, 0.717) is 0 Å². The molecule has 1 atom stereocenters. The van der Waals surface area contributed by atoms with Crippen molar-refractivity contribution in [3.63, 3.8) is 0 Å². The third-order valence-corrected chi connectivity index (χ3v) is 2.35. The van der Waals surface area contributed by atoms with Crippen molar-refractivity contribution in [1.82, 2.24) is 0 Å². The van der Waals surface area contributed by atoms with Gasteiger partial charge in [0.1, 0.15) is 0 Å². The number of hydrogen-bond acceptors (Lipinski definition) is 1.